The molecule has 0 aliphatic heterocycles. The van der Waals surface area contributed by atoms with E-state index >= 15 is 0 Å². The van der Waals surface area contributed by atoms with E-state index in [1.165, 1.54) is 12.1 Å². The van der Waals surface area contributed by atoms with E-state index in [2.05, 4.69) is 4.72 Å². The maximum Gasteiger partial charge on any atom is 0.241 e. The third kappa shape index (κ3) is 3.37. The van der Waals surface area contributed by atoms with Gasteiger partial charge in [0.25, 0.3) is 0 Å². The molecule has 2 atom stereocenters. The quantitative estimate of drug-likeness (QED) is 0.892. The number of nitrogens with one attached hydrogen (secondary N) is 1. The summed E-state index contributed by atoms with van der Waals surface area (Å²) in [6, 6.07) is 3.65. The van der Waals surface area contributed by atoms with Gasteiger partial charge in [-0.3, -0.25) is 0 Å². The van der Waals surface area contributed by atoms with Gasteiger partial charge in [0.15, 0.2) is 0 Å². The molecule has 3 N–H and O–H groups in total. The molecule has 1 aliphatic rings. The van der Waals surface area contributed by atoms with Gasteiger partial charge in [-0.05, 0) is 49.9 Å². The van der Waals surface area contributed by atoms with Gasteiger partial charge in [0.1, 0.15) is 5.82 Å². The second-order valence-corrected chi connectivity index (χ2v) is 7.10. The molecule has 1 fully saturated rings. The van der Waals surface area contributed by atoms with Crippen LogP contribution in [0.1, 0.15) is 31.2 Å². The van der Waals surface area contributed by atoms with Crippen LogP contribution in [-0.2, 0) is 10.0 Å². The minimum Gasteiger partial charge on any atom is -0.330 e. The van der Waals surface area contributed by atoms with Crippen molar-refractivity contribution < 1.29 is 12.8 Å². The van der Waals surface area contributed by atoms with Crippen LogP contribution in [0.3, 0.4) is 0 Å². The highest BCUT2D eigenvalue weighted by Crippen LogP contribution is 2.26. The summed E-state index contributed by atoms with van der Waals surface area (Å²) in [5.74, 6) is -0.387. The monoisotopic (exact) mass is 300 g/mol. The van der Waals surface area contributed by atoms with Gasteiger partial charge < -0.3 is 5.73 Å². The van der Waals surface area contributed by atoms with E-state index in [1.54, 1.807) is 6.92 Å². The van der Waals surface area contributed by atoms with Crippen LogP contribution < -0.4 is 10.5 Å². The second-order valence-electron chi connectivity index (χ2n) is 5.42. The summed E-state index contributed by atoms with van der Waals surface area (Å²) in [6.45, 7) is 2.13. The molecular formula is C14H21FN2O2S. The van der Waals surface area contributed by atoms with Gasteiger partial charge in [0.2, 0.25) is 10.0 Å². The molecule has 0 bridgehead atoms. The Kier molecular flexibility index (Phi) is 4.78. The zero-order valence-corrected chi connectivity index (χ0v) is 12.4. The third-order valence-electron chi connectivity index (χ3n) is 3.96. The predicted molar refractivity (Wildman–Crippen MR) is 76.3 cm³/mol. The molecule has 0 heterocycles. The number of aryl methyl sites for hydroxylation is 1. The molecule has 112 valence electrons. The number of sulfonamides is 1. The van der Waals surface area contributed by atoms with Gasteiger partial charge in [-0.2, -0.15) is 0 Å². The van der Waals surface area contributed by atoms with Crippen LogP contribution in [0.5, 0.6) is 0 Å². The van der Waals surface area contributed by atoms with Crippen LogP contribution in [0.15, 0.2) is 23.1 Å². The summed E-state index contributed by atoms with van der Waals surface area (Å²) in [5.41, 5.74) is 6.25. The number of hydrogen-bond donors (Lipinski definition) is 2. The van der Waals surface area contributed by atoms with Gasteiger partial charge in [-0.1, -0.05) is 18.9 Å². The Labute approximate surface area is 119 Å². The Morgan fingerprint density at radius 3 is 2.75 bits per heavy atom. The zero-order chi connectivity index (χ0) is 14.8. The number of benzene rings is 1. The van der Waals surface area contributed by atoms with Crippen LogP contribution in [-0.4, -0.2) is 21.0 Å². The number of hydrogen-bond acceptors (Lipinski definition) is 3. The van der Waals surface area contributed by atoms with E-state index in [1.807, 2.05) is 0 Å². The molecule has 2 unspecified atom stereocenters. The molecular weight excluding hydrogens is 279 g/mol. The van der Waals surface area contributed by atoms with Crippen molar-refractivity contribution in [2.45, 2.75) is 43.5 Å². The van der Waals surface area contributed by atoms with Gasteiger partial charge in [-0.15, -0.1) is 0 Å². The van der Waals surface area contributed by atoms with Gasteiger partial charge in [0, 0.05) is 6.04 Å². The third-order valence-corrected chi connectivity index (χ3v) is 5.59. The van der Waals surface area contributed by atoms with Gasteiger partial charge in [0.05, 0.1) is 4.90 Å². The van der Waals surface area contributed by atoms with E-state index in [-0.39, 0.29) is 16.9 Å². The molecule has 1 aromatic carbocycles. The number of halogens is 1. The Balaban J connectivity index is 2.24. The maximum absolute atomic E-state index is 13.3. The summed E-state index contributed by atoms with van der Waals surface area (Å²) in [4.78, 5) is 0.0128. The van der Waals surface area contributed by atoms with Crippen LogP contribution >= 0.6 is 0 Å². The Morgan fingerprint density at radius 2 is 2.05 bits per heavy atom. The molecule has 0 aromatic heterocycles. The summed E-state index contributed by atoms with van der Waals surface area (Å²) < 4.78 is 40.8. The fourth-order valence-corrected chi connectivity index (χ4v) is 4.37. The average molecular weight is 300 g/mol. The first kappa shape index (κ1) is 15.4. The highest BCUT2D eigenvalue weighted by Gasteiger charge is 2.29. The molecule has 6 heteroatoms. The highest BCUT2D eigenvalue weighted by atomic mass is 32.2. The molecule has 0 radical (unpaired) electrons. The van der Waals surface area contributed by atoms with E-state index in [0.717, 1.165) is 31.7 Å². The summed E-state index contributed by atoms with van der Waals surface area (Å²) >= 11 is 0. The second kappa shape index (κ2) is 6.20. The highest BCUT2D eigenvalue weighted by molar-refractivity contribution is 7.89. The molecule has 0 spiro atoms. The lowest BCUT2D eigenvalue weighted by Gasteiger charge is -2.31. The molecule has 2 rings (SSSR count). The smallest absolute Gasteiger partial charge is 0.241 e. The van der Waals surface area contributed by atoms with Gasteiger partial charge in [-0.25, -0.2) is 17.5 Å². The standard InChI is InChI=1S/C14H21FN2O2S/c1-10-6-7-12(15)8-14(10)20(18,19)17-13-5-3-2-4-11(13)9-16/h6-8,11,13,17H,2-5,9,16H2,1H3. The SMILES string of the molecule is Cc1ccc(F)cc1S(=O)(=O)NC1CCCCC1CN. The lowest BCUT2D eigenvalue weighted by molar-refractivity contribution is 0.296. The lowest BCUT2D eigenvalue weighted by Crippen LogP contribution is -2.44. The first-order chi connectivity index (χ1) is 9.44. The Hall–Kier alpha value is -0.980. The van der Waals surface area contributed by atoms with Crippen molar-refractivity contribution in [3.8, 4) is 0 Å². The van der Waals surface area contributed by atoms with E-state index in [9.17, 15) is 12.8 Å². The Bertz CT molecular complexity index is 575. The lowest BCUT2D eigenvalue weighted by atomic mass is 9.85. The van der Waals surface area contributed by atoms with Crippen molar-refractivity contribution in [3.63, 3.8) is 0 Å². The fourth-order valence-electron chi connectivity index (χ4n) is 2.77. The molecule has 0 saturated heterocycles. The van der Waals surface area contributed by atoms with Crippen molar-refractivity contribution in [2.75, 3.05) is 6.54 Å². The van der Waals surface area contributed by atoms with Crippen molar-refractivity contribution >= 4 is 10.0 Å². The average Bonchev–Trinajstić information content (AvgIpc) is 2.41. The zero-order valence-electron chi connectivity index (χ0n) is 11.6. The van der Waals surface area contributed by atoms with Crippen molar-refractivity contribution in [2.24, 2.45) is 11.7 Å². The van der Waals surface area contributed by atoms with E-state index in [4.69, 9.17) is 5.73 Å². The first-order valence-electron chi connectivity index (χ1n) is 6.92. The van der Waals surface area contributed by atoms with E-state index < -0.39 is 15.8 Å². The Morgan fingerprint density at radius 1 is 1.35 bits per heavy atom. The predicted octanol–water partition coefficient (Wildman–Crippen LogP) is 1.93. The van der Waals surface area contributed by atoms with Crippen LogP contribution in [0.2, 0.25) is 0 Å². The maximum atomic E-state index is 13.3. The van der Waals surface area contributed by atoms with Gasteiger partial charge >= 0.3 is 0 Å². The molecule has 1 aliphatic carbocycles. The van der Waals surface area contributed by atoms with Crippen LogP contribution in [0.25, 0.3) is 0 Å². The molecule has 4 nitrogen and oxygen atoms in total. The summed E-state index contributed by atoms with van der Waals surface area (Å²) in [6.07, 6.45) is 3.80. The molecule has 0 amide bonds. The summed E-state index contributed by atoms with van der Waals surface area (Å²) in [5, 5.41) is 0. The molecule has 20 heavy (non-hydrogen) atoms. The topological polar surface area (TPSA) is 72.2 Å². The largest absolute Gasteiger partial charge is 0.330 e. The minimum absolute atomic E-state index is 0.0128. The van der Waals surface area contributed by atoms with Crippen molar-refractivity contribution in [3.05, 3.63) is 29.6 Å². The molecule has 1 aromatic rings. The fraction of sp³-hybridized carbons (Fsp3) is 0.571. The van der Waals surface area contributed by atoms with Crippen LogP contribution in [0.4, 0.5) is 4.39 Å². The molecule has 1 saturated carbocycles. The van der Waals surface area contributed by atoms with E-state index in [0.29, 0.717) is 12.1 Å². The summed E-state index contributed by atoms with van der Waals surface area (Å²) in [7, 11) is -3.70. The minimum atomic E-state index is -3.70. The van der Waals surface area contributed by atoms with Crippen molar-refractivity contribution in [1.82, 2.24) is 4.72 Å². The van der Waals surface area contributed by atoms with Crippen molar-refractivity contribution in [1.29, 1.82) is 0 Å². The first-order valence-corrected chi connectivity index (χ1v) is 8.41. The number of nitrogens with two attached hydrogens (primary N) is 1. The van der Waals surface area contributed by atoms with Crippen LogP contribution in [0, 0.1) is 18.7 Å². The normalized spacial score (nSPS) is 23.8. The number of rotatable bonds is 4.